The average molecular weight is 593 g/mol. The maximum Gasteiger partial charge on any atom is 0.460 e. The number of hydrogen-bond acceptors (Lipinski definition) is 5. The van der Waals surface area contributed by atoms with E-state index in [4.69, 9.17) is 0 Å². The van der Waals surface area contributed by atoms with E-state index >= 15 is 0 Å². The van der Waals surface area contributed by atoms with Crippen molar-refractivity contribution in [2.45, 2.75) is 45.9 Å². The highest BCUT2D eigenvalue weighted by molar-refractivity contribution is 8.33. The second kappa shape index (κ2) is 8.66. The minimum atomic E-state index is -7.39. The lowest BCUT2D eigenvalue weighted by atomic mass is 10.1. The zero-order valence-corrected chi connectivity index (χ0v) is 20.4. The van der Waals surface area contributed by atoms with Crippen molar-refractivity contribution in [2.24, 2.45) is 0 Å². The summed E-state index contributed by atoms with van der Waals surface area (Å²) >= 11 is 0. The molecule has 0 radical (unpaired) electrons. The van der Waals surface area contributed by atoms with Gasteiger partial charge in [0, 0.05) is 22.7 Å². The summed E-state index contributed by atoms with van der Waals surface area (Å²) in [4.78, 5) is -0.151. The van der Waals surface area contributed by atoms with E-state index in [9.17, 15) is 56.3 Å². The molecule has 0 unspecified atom stereocenters. The summed E-state index contributed by atoms with van der Waals surface area (Å²) in [5, 5.41) is -6.35. The predicted molar refractivity (Wildman–Crippen MR) is 113 cm³/mol. The molecular formula is C19H17F9O5S3. The van der Waals surface area contributed by atoms with Crippen LogP contribution in [0.1, 0.15) is 12.8 Å². The summed E-state index contributed by atoms with van der Waals surface area (Å²) < 4.78 is 172. The Morgan fingerprint density at radius 1 is 0.750 bits per heavy atom. The molecule has 3 rings (SSSR count). The lowest BCUT2D eigenvalue weighted by Crippen LogP contribution is -2.63. The third-order valence-corrected chi connectivity index (χ3v) is 12.3. The van der Waals surface area contributed by atoms with Crippen LogP contribution in [0.4, 0.5) is 39.5 Å². The van der Waals surface area contributed by atoms with E-state index in [1.165, 1.54) is 36.4 Å². The molecule has 0 bridgehead atoms. The molecule has 0 saturated carbocycles. The summed E-state index contributed by atoms with van der Waals surface area (Å²) in [6.07, 6.45) is -5.92. The van der Waals surface area contributed by atoms with Crippen molar-refractivity contribution in [1.29, 1.82) is 0 Å². The monoisotopic (exact) mass is 592 g/mol. The van der Waals surface area contributed by atoms with E-state index in [0.29, 0.717) is 5.39 Å². The topological polar surface area (TPSA) is 77.5 Å². The van der Waals surface area contributed by atoms with Gasteiger partial charge in [-0.05, 0) is 47.9 Å². The first-order valence-corrected chi connectivity index (χ1v) is 15.0. The predicted octanol–water partition coefficient (Wildman–Crippen LogP) is 5.89. The number of fused-ring (bicyclic) bond motifs is 1. The van der Waals surface area contributed by atoms with Gasteiger partial charge in [0.25, 0.3) is 0 Å². The summed E-state index contributed by atoms with van der Waals surface area (Å²) in [6.45, 7) is 0. The summed E-state index contributed by atoms with van der Waals surface area (Å²) in [6, 6.07) is 7.45. The Hall–Kier alpha value is -1.72. The number of hydrogen-bond donors (Lipinski definition) is 0. The van der Waals surface area contributed by atoms with Gasteiger partial charge >= 0.3 is 33.4 Å². The molecule has 1 heterocycles. The van der Waals surface area contributed by atoms with Gasteiger partial charge < -0.3 is 0 Å². The van der Waals surface area contributed by atoms with Gasteiger partial charge in [0.15, 0.2) is 9.84 Å². The van der Waals surface area contributed by atoms with Gasteiger partial charge in [-0.25, -0.2) is 12.0 Å². The molecule has 1 fully saturated rings. The molecule has 1 aliphatic heterocycles. The molecule has 2 aromatic rings. The molecule has 0 amide bonds. The lowest BCUT2D eigenvalue weighted by Gasteiger charge is -2.38. The Kier molecular flexibility index (Phi) is 6.94. The number of sulfone groups is 1. The normalized spacial score (nSPS) is 18.9. The fourth-order valence-electron chi connectivity index (χ4n) is 3.51. The third kappa shape index (κ3) is 4.55. The van der Waals surface area contributed by atoms with E-state index in [1.807, 2.05) is 0 Å². The fraction of sp³-hybridized carbons (Fsp3) is 0.474. The van der Waals surface area contributed by atoms with Crippen molar-refractivity contribution >= 4 is 41.0 Å². The van der Waals surface area contributed by atoms with E-state index in [-0.39, 0.29) is 39.5 Å². The molecule has 2 aromatic carbocycles. The van der Waals surface area contributed by atoms with Gasteiger partial charge in [-0.3, -0.25) is 0 Å². The number of alkyl halides is 9. The quantitative estimate of drug-likeness (QED) is 0.375. The molecule has 204 valence electrons. The smallest absolute Gasteiger partial charge is 0.224 e. The zero-order valence-electron chi connectivity index (χ0n) is 18.0. The van der Waals surface area contributed by atoms with Crippen molar-refractivity contribution in [3.63, 3.8) is 0 Å². The van der Waals surface area contributed by atoms with E-state index in [0.717, 1.165) is 6.26 Å². The van der Waals surface area contributed by atoms with Gasteiger partial charge in [0.1, 0.15) is 0 Å². The van der Waals surface area contributed by atoms with Crippen LogP contribution in [0, 0.1) is 0 Å². The van der Waals surface area contributed by atoms with Gasteiger partial charge in [-0.2, -0.15) is 47.9 Å². The van der Waals surface area contributed by atoms with Crippen LogP contribution in [0.25, 0.3) is 10.8 Å². The summed E-state index contributed by atoms with van der Waals surface area (Å²) in [7, 11) is -14.0. The highest BCUT2D eigenvalue weighted by Gasteiger charge is 2.86. The molecule has 36 heavy (non-hydrogen) atoms. The second-order valence-corrected chi connectivity index (χ2v) is 14.9. The number of rotatable bonds is 7. The second-order valence-electron chi connectivity index (χ2n) is 8.06. The average Bonchev–Trinajstić information content (AvgIpc) is 3.20. The van der Waals surface area contributed by atoms with E-state index in [2.05, 4.69) is 3.63 Å². The summed E-state index contributed by atoms with van der Waals surface area (Å²) in [5.74, 6) is -15.3. The van der Waals surface area contributed by atoms with Crippen LogP contribution in [0.2, 0.25) is 0 Å². The SMILES string of the molecule is CS(=O)(=O)c1ccc2cc(S3(OS(=O)(=O)C(F)(F)C(F)(F)C(F)(F)C(F)(F)F)CCCC3)ccc2c1. The van der Waals surface area contributed by atoms with E-state index < -0.39 is 53.5 Å². The van der Waals surface area contributed by atoms with Crippen molar-refractivity contribution in [2.75, 3.05) is 17.8 Å². The molecule has 0 N–H and O–H groups in total. The number of benzene rings is 2. The summed E-state index contributed by atoms with van der Waals surface area (Å²) in [5.41, 5.74) is 0. The third-order valence-electron chi connectivity index (χ3n) is 5.49. The first-order chi connectivity index (χ1) is 16.1. The molecule has 0 aliphatic carbocycles. The minimum Gasteiger partial charge on any atom is -0.224 e. The van der Waals surface area contributed by atoms with Crippen LogP contribution >= 0.6 is 10.3 Å². The van der Waals surface area contributed by atoms with Crippen LogP contribution in [0.15, 0.2) is 46.2 Å². The largest absolute Gasteiger partial charge is 0.460 e. The highest BCUT2D eigenvalue weighted by Crippen LogP contribution is 2.65. The Morgan fingerprint density at radius 3 is 1.75 bits per heavy atom. The molecule has 17 heteroatoms. The minimum absolute atomic E-state index is 0.0722. The highest BCUT2D eigenvalue weighted by atomic mass is 32.3. The zero-order chi connectivity index (χ0) is 27.6. The molecule has 0 spiro atoms. The van der Waals surface area contributed by atoms with Crippen molar-refractivity contribution in [3.8, 4) is 0 Å². The Morgan fingerprint density at radius 2 is 1.25 bits per heavy atom. The Bertz CT molecular complexity index is 1380. The van der Waals surface area contributed by atoms with Gasteiger partial charge in [-0.1, -0.05) is 22.4 Å². The molecule has 0 atom stereocenters. The van der Waals surface area contributed by atoms with Crippen molar-refractivity contribution in [3.05, 3.63) is 36.4 Å². The molecule has 1 aliphatic rings. The maximum atomic E-state index is 14.3. The standard InChI is InChI=1S/C19H17F9O5S3/c1-34(29,30)14-6-4-13-11-15(7-5-12(13)10-14)35(8-2-3-9-35)33-36(31,32)19(27,28)17(22,23)16(20,21)18(24,25)26/h4-7,10-11H,2-3,8-9H2,1H3. The van der Waals surface area contributed by atoms with Crippen molar-refractivity contribution in [1.82, 2.24) is 0 Å². The van der Waals surface area contributed by atoms with Crippen LogP contribution in [-0.4, -0.2) is 57.9 Å². The van der Waals surface area contributed by atoms with Gasteiger partial charge in [-0.15, -0.1) is 0 Å². The van der Waals surface area contributed by atoms with Gasteiger partial charge in [0.05, 0.1) is 4.90 Å². The molecular weight excluding hydrogens is 575 g/mol. The molecule has 5 nitrogen and oxygen atoms in total. The van der Waals surface area contributed by atoms with Gasteiger partial charge in [0.2, 0.25) is 0 Å². The van der Waals surface area contributed by atoms with Crippen molar-refractivity contribution < 1.29 is 60.0 Å². The van der Waals surface area contributed by atoms with Crippen LogP contribution in [0.3, 0.4) is 0 Å². The Balaban J connectivity index is 2.08. The van der Waals surface area contributed by atoms with E-state index in [1.54, 1.807) is 0 Å². The molecule has 0 aromatic heterocycles. The van der Waals surface area contributed by atoms with Crippen LogP contribution < -0.4 is 0 Å². The lowest BCUT2D eigenvalue weighted by molar-refractivity contribution is -0.382. The maximum absolute atomic E-state index is 14.3. The Labute approximate surface area is 201 Å². The number of halogens is 9. The first-order valence-electron chi connectivity index (χ1n) is 9.77. The van der Waals surface area contributed by atoms with Crippen LogP contribution in [0.5, 0.6) is 0 Å². The molecule has 1 saturated heterocycles. The van der Waals surface area contributed by atoms with Crippen LogP contribution in [-0.2, 0) is 23.6 Å². The first kappa shape index (κ1) is 28.8. The fourth-order valence-corrected chi connectivity index (χ4v) is 9.86.